The number of amides is 2. The van der Waals surface area contributed by atoms with Gasteiger partial charge in [-0.25, -0.2) is 9.97 Å². The molecule has 2 amide bonds. The molecule has 1 saturated heterocycles. The number of nitrogens with one attached hydrogen (secondary N) is 2. The average Bonchev–Trinajstić information content (AvgIpc) is 3.37. The normalized spacial score (nSPS) is 17.1. The van der Waals surface area contributed by atoms with Crippen LogP contribution in [-0.2, 0) is 16.8 Å². The quantitative estimate of drug-likeness (QED) is 0.314. The Balaban J connectivity index is 1.20. The monoisotopic (exact) mass is 529 g/mol. The minimum absolute atomic E-state index is 0.0105. The van der Waals surface area contributed by atoms with Crippen LogP contribution in [-0.4, -0.2) is 79.4 Å². The lowest BCUT2D eigenvalue weighted by Gasteiger charge is -2.42. The Hall–Kier alpha value is -4.12. The van der Waals surface area contributed by atoms with E-state index in [9.17, 15) is 9.59 Å². The number of hydrogen-bond acceptors (Lipinski definition) is 8. The summed E-state index contributed by atoms with van der Waals surface area (Å²) in [4.78, 5) is 38.1. The molecule has 2 aromatic heterocycles. The number of nitrogens with two attached hydrogens (primary N) is 1. The molecule has 11 heteroatoms. The van der Waals surface area contributed by atoms with Crippen LogP contribution in [0.15, 0.2) is 49.1 Å². The van der Waals surface area contributed by atoms with Crippen molar-refractivity contribution < 1.29 is 9.59 Å². The van der Waals surface area contributed by atoms with Crippen molar-refractivity contribution in [1.82, 2.24) is 34.9 Å². The molecule has 0 spiro atoms. The lowest BCUT2D eigenvalue weighted by atomic mass is 9.63. The van der Waals surface area contributed by atoms with Crippen LogP contribution >= 0.6 is 0 Å². The topological polar surface area (TPSA) is 146 Å². The predicted molar refractivity (Wildman–Crippen MR) is 148 cm³/mol. The molecule has 1 aliphatic carbocycles. The molecule has 2 fully saturated rings. The molecular formula is C28H35N9O2. The molecule has 1 aromatic carbocycles. The van der Waals surface area contributed by atoms with Gasteiger partial charge in [-0.15, -0.1) is 0 Å². The average molecular weight is 530 g/mol. The third-order valence-electron chi connectivity index (χ3n) is 7.96. The van der Waals surface area contributed by atoms with Gasteiger partial charge in [0, 0.05) is 56.4 Å². The molecule has 0 radical (unpaired) electrons. The zero-order valence-electron chi connectivity index (χ0n) is 22.4. The van der Waals surface area contributed by atoms with E-state index < -0.39 is 11.3 Å². The van der Waals surface area contributed by atoms with E-state index >= 15 is 0 Å². The highest BCUT2D eigenvalue weighted by Crippen LogP contribution is 2.44. The number of carbonyl (C=O) groups is 2. The third kappa shape index (κ3) is 5.53. The minimum atomic E-state index is -0.532. The molecule has 1 aliphatic heterocycles. The predicted octanol–water partition coefficient (Wildman–Crippen LogP) is 2.30. The van der Waals surface area contributed by atoms with Gasteiger partial charge in [0.15, 0.2) is 0 Å². The highest BCUT2D eigenvalue weighted by atomic mass is 16.2. The van der Waals surface area contributed by atoms with E-state index in [1.165, 1.54) is 10.9 Å². The lowest BCUT2D eigenvalue weighted by molar-refractivity contribution is -0.134. The number of hydrogen-bond donors (Lipinski definition) is 3. The molecule has 11 nitrogen and oxygen atoms in total. The van der Waals surface area contributed by atoms with E-state index in [4.69, 9.17) is 11.1 Å². The second kappa shape index (κ2) is 10.9. The second-order valence-electron chi connectivity index (χ2n) is 10.6. The number of amidine groups is 1. The fourth-order valence-electron chi connectivity index (χ4n) is 5.28. The summed E-state index contributed by atoms with van der Waals surface area (Å²) in [6, 6.07) is 8.41. The first kappa shape index (κ1) is 26.5. The summed E-state index contributed by atoms with van der Waals surface area (Å²) in [5, 5.41) is 15.8. The molecule has 0 bridgehead atoms. The Morgan fingerprint density at radius 2 is 1.69 bits per heavy atom. The van der Waals surface area contributed by atoms with E-state index in [1.807, 2.05) is 29.2 Å². The number of anilines is 1. The van der Waals surface area contributed by atoms with Crippen LogP contribution in [0.5, 0.6) is 0 Å². The van der Waals surface area contributed by atoms with Gasteiger partial charge in [-0.2, -0.15) is 5.10 Å². The van der Waals surface area contributed by atoms with Crippen LogP contribution in [0, 0.1) is 5.41 Å². The van der Waals surface area contributed by atoms with Crippen molar-refractivity contribution in [2.24, 2.45) is 0 Å². The molecule has 39 heavy (non-hydrogen) atoms. The molecule has 2 aliphatic rings. The molecule has 0 unspecified atom stereocenters. The van der Waals surface area contributed by atoms with E-state index in [-0.39, 0.29) is 24.2 Å². The smallest absolute Gasteiger partial charge is 0.259 e. The summed E-state index contributed by atoms with van der Waals surface area (Å²) in [5.74, 6) is -0.00535. The third-order valence-corrected chi connectivity index (χ3v) is 7.96. The molecular weight excluding hydrogens is 494 g/mol. The van der Waals surface area contributed by atoms with Gasteiger partial charge in [0.25, 0.3) is 5.91 Å². The fraction of sp³-hybridized carbons (Fsp3) is 0.429. The van der Waals surface area contributed by atoms with Gasteiger partial charge in [-0.05, 0) is 37.8 Å². The molecule has 5 rings (SSSR count). The van der Waals surface area contributed by atoms with Crippen LogP contribution < -0.4 is 11.1 Å². The maximum Gasteiger partial charge on any atom is 0.259 e. The molecule has 1 saturated carbocycles. The fourth-order valence-corrected chi connectivity index (χ4v) is 5.28. The number of nitrogen functional groups attached to an aromatic ring is 1. The minimum Gasteiger partial charge on any atom is -0.368 e. The Kier molecular flexibility index (Phi) is 7.42. The summed E-state index contributed by atoms with van der Waals surface area (Å²) in [6.07, 6.45) is 8.93. The Labute approximate surface area is 227 Å². The van der Waals surface area contributed by atoms with Crippen LogP contribution in [0.25, 0.3) is 11.1 Å². The largest absolute Gasteiger partial charge is 0.368 e. The van der Waals surface area contributed by atoms with Crippen molar-refractivity contribution in [2.75, 3.05) is 31.9 Å². The molecule has 0 atom stereocenters. The van der Waals surface area contributed by atoms with Gasteiger partial charge in [0.2, 0.25) is 11.9 Å². The maximum absolute atomic E-state index is 13.0. The maximum atomic E-state index is 13.0. The van der Waals surface area contributed by atoms with Gasteiger partial charge < -0.3 is 16.0 Å². The highest BCUT2D eigenvalue weighted by molar-refractivity contribution is 6.09. The Morgan fingerprint density at radius 1 is 1.03 bits per heavy atom. The summed E-state index contributed by atoms with van der Waals surface area (Å²) in [5.41, 5.74) is 8.17. The van der Waals surface area contributed by atoms with Crippen molar-refractivity contribution in [1.29, 1.82) is 5.41 Å². The zero-order valence-corrected chi connectivity index (χ0v) is 22.4. The molecule has 3 heterocycles. The first-order valence-electron chi connectivity index (χ1n) is 13.4. The number of carbonyl (C=O) groups excluding carboxylic acids is 2. The Morgan fingerprint density at radius 3 is 2.28 bits per heavy atom. The van der Waals surface area contributed by atoms with Gasteiger partial charge in [-0.1, -0.05) is 30.7 Å². The van der Waals surface area contributed by atoms with E-state index in [1.54, 1.807) is 18.6 Å². The number of benzene rings is 1. The molecule has 3 aromatic rings. The van der Waals surface area contributed by atoms with E-state index in [0.717, 1.165) is 49.0 Å². The molecule has 204 valence electrons. The van der Waals surface area contributed by atoms with Crippen LogP contribution in [0.3, 0.4) is 0 Å². The number of nitrogens with zero attached hydrogens (tertiary/aromatic N) is 6. The zero-order chi connectivity index (χ0) is 27.6. The summed E-state index contributed by atoms with van der Waals surface area (Å²) < 4.78 is 1.49. The number of rotatable bonds is 7. The van der Waals surface area contributed by atoms with Gasteiger partial charge in [-0.3, -0.25) is 24.6 Å². The van der Waals surface area contributed by atoms with Crippen molar-refractivity contribution in [2.45, 2.75) is 51.1 Å². The van der Waals surface area contributed by atoms with Crippen molar-refractivity contribution >= 4 is 23.6 Å². The van der Waals surface area contributed by atoms with E-state index in [2.05, 4.69) is 39.1 Å². The first-order valence-corrected chi connectivity index (χ1v) is 13.4. The summed E-state index contributed by atoms with van der Waals surface area (Å²) in [6.45, 7) is 7.52. The summed E-state index contributed by atoms with van der Waals surface area (Å²) in [7, 11) is 0. The lowest BCUT2D eigenvalue weighted by Crippen LogP contribution is -2.51. The van der Waals surface area contributed by atoms with Gasteiger partial charge >= 0.3 is 0 Å². The van der Waals surface area contributed by atoms with Gasteiger partial charge in [0.05, 0.1) is 17.2 Å². The van der Waals surface area contributed by atoms with Crippen LogP contribution in [0.4, 0.5) is 5.95 Å². The number of piperazine rings is 1. The van der Waals surface area contributed by atoms with Crippen molar-refractivity contribution in [3.63, 3.8) is 0 Å². The first-order chi connectivity index (χ1) is 18.7. The summed E-state index contributed by atoms with van der Waals surface area (Å²) >= 11 is 0. The van der Waals surface area contributed by atoms with Crippen molar-refractivity contribution in [3.8, 4) is 11.1 Å². The molecule has 4 N–H and O–H groups in total. The second-order valence-corrected chi connectivity index (χ2v) is 10.6. The van der Waals surface area contributed by atoms with Crippen molar-refractivity contribution in [3.05, 3.63) is 60.2 Å². The van der Waals surface area contributed by atoms with E-state index in [0.29, 0.717) is 24.7 Å². The van der Waals surface area contributed by atoms with Gasteiger partial charge in [0.1, 0.15) is 12.4 Å². The number of aromatic nitrogens is 4. The highest BCUT2D eigenvalue weighted by Gasteiger charge is 2.43. The van der Waals surface area contributed by atoms with Crippen LogP contribution in [0.2, 0.25) is 0 Å². The standard InChI is InChI=1S/C28H35N9O2/c1-19(2)35-10-12-36(13-11-35)24(38)18-37-17-22(16-33-37)25(39)34-26(29)28(8-3-9-28)23-6-4-20(5-7-23)21-14-31-27(30)32-15-21/h4-7,14-17,19H,3,8-13,18H2,1-2H3,(H2,29,34,39)(H2,30,31,32). The van der Waals surface area contributed by atoms with Crippen LogP contribution in [0.1, 0.15) is 49.0 Å². The Bertz CT molecular complexity index is 1340. The SMILES string of the molecule is CC(C)N1CCN(C(=O)Cn2cc(C(=O)NC(=N)C3(c4ccc(-c5cnc(N)nc5)cc4)CCC3)cn2)CC1.